The molecule has 1 saturated carbocycles. The van der Waals surface area contributed by atoms with Gasteiger partial charge >= 0.3 is 5.97 Å². The number of esters is 1. The highest BCUT2D eigenvalue weighted by Gasteiger charge is 2.19. The number of benzene rings is 1. The summed E-state index contributed by atoms with van der Waals surface area (Å²) in [6.45, 7) is 5.89. The van der Waals surface area contributed by atoms with Crippen LogP contribution in [-0.2, 0) is 20.8 Å². The van der Waals surface area contributed by atoms with E-state index in [1.165, 1.54) is 24.2 Å². The number of hydrogen-bond acceptors (Lipinski definition) is 5. The fourth-order valence-electron chi connectivity index (χ4n) is 3.63. The van der Waals surface area contributed by atoms with Crippen LogP contribution in [0.25, 0.3) is 10.2 Å². The molecule has 0 atom stereocenters. The highest BCUT2D eigenvalue weighted by molar-refractivity contribution is 7.16. The lowest BCUT2D eigenvalue weighted by Crippen LogP contribution is -2.20. The Balaban J connectivity index is 1.93. The maximum Gasteiger partial charge on any atom is 0.338 e. The van der Waals surface area contributed by atoms with Crippen molar-refractivity contribution in [3.63, 3.8) is 0 Å². The number of fused-ring (bicyclic) bond motifs is 1. The van der Waals surface area contributed by atoms with E-state index in [1.807, 2.05) is 23.6 Å². The van der Waals surface area contributed by atoms with Gasteiger partial charge in [0.15, 0.2) is 4.80 Å². The largest absolute Gasteiger partial charge is 0.462 e. The van der Waals surface area contributed by atoms with Gasteiger partial charge in [-0.2, -0.15) is 4.99 Å². The standard InChI is InChI=1S/C21H28N2O4S/c1-3-26-12-11-23-17-10-9-16(20(25)27-4-2)14-18(17)28-21(23)22-19(24)13-15-7-5-6-8-15/h9-10,14-15H,3-8,11-13H2,1-2H3. The maximum absolute atomic E-state index is 12.5. The lowest BCUT2D eigenvalue weighted by atomic mass is 10.0. The molecular formula is C21H28N2O4S. The Labute approximate surface area is 169 Å². The van der Waals surface area contributed by atoms with Crippen LogP contribution in [0.15, 0.2) is 23.2 Å². The molecule has 1 aliphatic carbocycles. The molecule has 0 aliphatic heterocycles. The molecule has 7 heteroatoms. The van der Waals surface area contributed by atoms with Gasteiger partial charge in [-0.25, -0.2) is 4.79 Å². The summed E-state index contributed by atoms with van der Waals surface area (Å²) >= 11 is 1.43. The first-order valence-corrected chi connectivity index (χ1v) is 10.9. The minimum absolute atomic E-state index is 0.0609. The predicted molar refractivity (Wildman–Crippen MR) is 109 cm³/mol. The zero-order valence-corrected chi connectivity index (χ0v) is 17.4. The van der Waals surface area contributed by atoms with Crippen molar-refractivity contribution in [2.75, 3.05) is 19.8 Å². The first-order chi connectivity index (χ1) is 13.6. The second-order valence-corrected chi connectivity index (χ2v) is 8.01. The van der Waals surface area contributed by atoms with Crippen LogP contribution in [0.3, 0.4) is 0 Å². The summed E-state index contributed by atoms with van der Waals surface area (Å²) in [4.78, 5) is 29.6. The third-order valence-corrected chi connectivity index (χ3v) is 6.06. The Morgan fingerprint density at radius 1 is 1.21 bits per heavy atom. The van der Waals surface area contributed by atoms with Crippen LogP contribution >= 0.6 is 11.3 Å². The number of carbonyl (C=O) groups is 2. The molecule has 1 amide bonds. The molecule has 1 aromatic heterocycles. The molecule has 6 nitrogen and oxygen atoms in total. The number of rotatable bonds is 8. The molecule has 0 spiro atoms. The Morgan fingerprint density at radius 2 is 2.00 bits per heavy atom. The summed E-state index contributed by atoms with van der Waals surface area (Å²) in [6.07, 6.45) is 5.20. The number of nitrogens with zero attached hydrogens (tertiary/aromatic N) is 2. The molecule has 1 fully saturated rings. The van der Waals surface area contributed by atoms with Gasteiger partial charge in [0.25, 0.3) is 0 Å². The normalized spacial score (nSPS) is 15.4. The first kappa shape index (κ1) is 20.7. The summed E-state index contributed by atoms with van der Waals surface area (Å²) in [5.41, 5.74) is 1.46. The van der Waals surface area contributed by atoms with Crippen molar-refractivity contribution < 1.29 is 19.1 Å². The van der Waals surface area contributed by atoms with Gasteiger partial charge in [-0.05, 0) is 50.8 Å². The quantitative estimate of drug-likeness (QED) is 0.494. The maximum atomic E-state index is 12.5. The van der Waals surface area contributed by atoms with Crippen LogP contribution in [0.5, 0.6) is 0 Å². The summed E-state index contributed by atoms with van der Waals surface area (Å²) in [6, 6.07) is 5.47. The van der Waals surface area contributed by atoms with E-state index in [4.69, 9.17) is 9.47 Å². The number of amides is 1. The third-order valence-electron chi connectivity index (χ3n) is 5.02. The Morgan fingerprint density at radius 3 is 2.71 bits per heavy atom. The van der Waals surface area contributed by atoms with Gasteiger partial charge in [-0.15, -0.1) is 0 Å². The fourth-order valence-corrected chi connectivity index (χ4v) is 4.74. The number of thiazole rings is 1. The molecule has 1 aromatic carbocycles. The molecule has 0 saturated heterocycles. The molecule has 0 unspecified atom stereocenters. The summed E-state index contributed by atoms with van der Waals surface area (Å²) < 4.78 is 13.5. The predicted octanol–water partition coefficient (Wildman–Crippen LogP) is 3.92. The monoisotopic (exact) mass is 404 g/mol. The van der Waals surface area contributed by atoms with E-state index in [2.05, 4.69) is 4.99 Å². The van der Waals surface area contributed by atoms with Crippen molar-refractivity contribution in [3.05, 3.63) is 28.6 Å². The van der Waals surface area contributed by atoms with E-state index in [0.717, 1.165) is 23.1 Å². The van der Waals surface area contributed by atoms with Crippen molar-refractivity contribution in [2.45, 2.75) is 52.5 Å². The SMILES string of the molecule is CCOCCn1c(=NC(=O)CC2CCCC2)sc2cc(C(=O)OCC)ccc21. The highest BCUT2D eigenvalue weighted by atomic mass is 32.1. The van der Waals surface area contributed by atoms with Gasteiger partial charge in [-0.1, -0.05) is 24.2 Å². The minimum Gasteiger partial charge on any atom is -0.462 e. The molecular weight excluding hydrogens is 376 g/mol. The molecule has 1 aliphatic rings. The van der Waals surface area contributed by atoms with Crippen LogP contribution in [-0.4, -0.2) is 36.3 Å². The molecule has 0 bridgehead atoms. The van der Waals surface area contributed by atoms with Gasteiger partial charge < -0.3 is 14.0 Å². The molecule has 3 rings (SSSR count). The second-order valence-electron chi connectivity index (χ2n) is 7.00. The van der Waals surface area contributed by atoms with Gasteiger partial charge in [0.05, 0.1) is 29.0 Å². The van der Waals surface area contributed by atoms with Crippen molar-refractivity contribution in [1.29, 1.82) is 0 Å². The van der Waals surface area contributed by atoms with E-state index in [1.54, 1.807) is 13.0 Å². The number of hydrogen-bond donors (Lipinski definition) is 0. The topological polar surface area (TPSA) is 69.9 Å². The number of ether oxygens (including phenoxy) is 2. The van der Waals surface area contributed by atoms with Gasteiger partial charge in [-0.3, -0.25) is 4.79 Å². The van der Waals surface area contributed by atoms with E-state index < -0.39 is 0 Å². The van der Waals surface area contributed by atoms with Gasteiger partial charge in [0.2, 0.25) is 5.91 Å². The zero-order valence-electron chi connectivity index (χ0n) is 16.6. The molecule has 152 valence electrons. The van der Waals surface area contributed by atoms with E-state index in [9.17, 15) is 9.59 Å². The summed E-state index contributed by atoms with van der Waals surface area (Å²) in [5, 5.41) is 0. The van der Waals surface area contributed by atoms with Gasteiger partial charge in [0, 0.05) is 19.6 Å². The zero-order chi connectivity index (χ0) is 19.9. The van der Waals surface area contributed by atoms with Crippen molar-refractivity contribution in [3.8, 4) is 0 Å². The Kier molecular flexibility index (Phi) is 7.39. The van der Waals surface area contributed by atoms with Crippen molar-refractivity contribution >= 4 is 33.4 Å². The number of carbonyl (C=O) groups excluding carboxylic acids is 2. The smallest absolute Gasteiger partial charge is 0.338 e. The van der Waals surface area contributed by atoms with Crippen LogP contribution < -0.4 is 4.80 Å². The van der Waals surface area contributed by atoms with Crippen molar-refractivity contribution in [2.24, 2.45) is 10.9 Å². The Hall–Kier alpha value is -1.99. The molecule has 2 aromatic rings. The molecule has 1 heterocycles. The van der Waals surface area contributed by atoms with Gasteiger partial charge in [0.1, 0.15) is 0 Å². The second kappa shape index (κ2) is 9.98. The highest BCUT2D eigenvalue weighted by Crippen LogP contribution is 2.27. The average molecular weight is 405 g/mol. The fraction of sp³-hybridized carbons (Fsp3) is 0.571. The third kappa shape index (κ3) is 5.08. The number of aromatic nitrogens is 1. The molecule has 0 N–H and O–H groups in total. The Bertz CT molecular complexity index is 893. The average Bonchev–Trinajstić information content (AvgIpc) is 3.29. The van der Waals surface area contributed by atoms with Crippen LogP contribution in [0.2, 0.25) is 0 Å². The summed E-state index contributed by atoms with van der Waals surface area (Å²) in [7, 11) is 0. The van der Waals surface area contributed by atoms with E-state index in [0.29, 0.717) is 49.1 Å². The minimum atomic E-state index is -0.338. The molecule has 28 heavy (non-hydrogen) atoms. The molecule has 0 radical (unpaired) electrons. The lowest BCUT2D eigenvalue weighted by molar-refractivity contribution is -0.118. The van der Waals surface area contributed by atoms with Crippen LogP contribution in [0.4, 0.5) is 0 Å². The summed E-state index contributed by atoms with van der Waals surface area (Å²) in [5.74, 6) is 0.0709. The first-order valence-electron chi connectivity index (χ1n) is 10.1. The van der Waals surface area contributed by atoms with Crippen LogP contribution in [0, 0.1) is 5.92 Å². The lowest BCUT2D eigenvalue weighted by Gasteiger charge is -2.07. The van der Waals surface area contributed by atoms with E-state index in [-0.39, 0.29) is 11.9 Å². The van der Waals surface area contributed by atoms with Crippen LogP contribution in [0.1, 0.15) is 56.3 Å². The van der Waals surface area contributed by atoms with E-state index >= 15 is 0 Å². The van der Waals surface area contributed by atoms with Crippen molar-refractivity contribution in [1.82, 2.24) is 4.57 Å².